The first-order valence-electron chi connectivity index (χ1n) is 7.14. The van der Waals surface area contributed by atoms with Gasteiger partial charge in [-0.15, -0.1) is 0 Å². The van der Waals surface area contributed by atoms with Crippen molar-refractivity contribution < 1.29 is 4.74 Å². The molecule has 2 aromatic carbocycles. The highest BCUT2D eigenvalue weighted by Crippen LogP contribution is 2.23. The number of benzene rings is 2. The number of hydrazone groups is 1. The van der Waals surface area contributed by atoms with Gasteiger partial charge in [0.05, 0.1) is 24.5 Å². The number of rotatable bonds is 4. The van der Waals surface area contributed by atoms with Gasteiger partial charge in [0.15, 0.2) is 0 Å². The summed E-state index contributed by atoms with van der Waals surface area (Å²) >= 11 is 6.25. The fourth-order valence-corrected chi connectivity index (χ4v) is 2.42. The lowest BCUT2D eigenvalue weighted by Gasteiger charge is -2.12. The van der Waals surface area contributed by atoms with E-state index in [9.17, 15) is 0 Å². The first kappa shape index (κ1) is 15.3. The molecule has 23 heavy (non-hydrogen) atoms. The van der Waals surface area contributed by atoms with Crippen molar-refractivity contribution in [2.24, 2.45) is 5.10 Å². The van der Waals surface area contributed by atoms with Gasteiger partial charge >= 0.3 is 0 Å². The Morgan fingerprint density at radius 1 is 1.13 bits per heavy atom. The van der Waals surface area contributed by atoms with Gasteiger partial charge in [-0.05, 0) is 36.4 Å². The second-order valence-corrected chi connectivity index (χ2v) is 5.39. The summed E-state index contributed by atoms with van der Waals surface area (Å²) in [5.41, 5.74) is 2.58. The van der Waals surface area contributed by atoms with Crippen molar-refractivity contribution in [3.63, 3.8) is 0 Å². The number of aromatic nitrogens is 1. The normalized spacial score (nSPS) is 11.1. The Bertz CT molecular complexity index is 850. The molecule has 1 aromatic heterocycles. The highest BCUT2D eigenvalue weighted by molar-refractivity contribution is 6.32. The molecule has 0 spiro atoms. The summed E-state index contributed by atoms with van der Waals surface area (Å²) in [6.07, 6.45) is 1.71. The maximum atomic E-state index is 6.25. The fraction of sp³-hybridized carbons (Fsp3) is 0.111. The van der Waals surface area contributed by atoms with Gasteiger partial charge in [0.1, 0.15) is 10.9 Å². The van der Waals surface area contributed by atoms with E-state index in [1.165, 1.54) is 0 Å². The number of para-hydroxylation sites is 1. The van der Waals surface area contributed by atoms with E-state index in [0.717, 1.165) is 27.9 Å². The van der Waals surface area contributed by atoms with Gasteiger partial charge in [-0.3, -0.25) is 5.01 Å². The van der Waals surface area contributed by atoms with Crippen LogP contribution in [0.4, 0.5) is 5.69 Å². The van der Waals surface area contributed by atoms with Crippen LogP contribution >= 0.6 is 11.6 Å². The van der Waals surface area contributed by atoms with Crippen LogP contribution in [0.15, 0.2) is 59.7 Å². The van der Waals surface area contributed by atoms with E-state index in [-0.39, 0.29) is 0 Å². The van der Waals surface area contributed by atoms with Crippen molar-refractivity contribution in [1.82, 2.24) is 4.98 Å². The molecule has 1 heterocycles. The zero-order valence-electron chi connectivity index (χ0n) is 12.9. The number of hydrogen-bond acceptors (Lipinski definition) is 4. The summed E-state index contributed by atoms with van der Waals surface area (Å²) in [4.78, 5) is 4.40. The van der Waals surface area contributed by atoms with E-state index in [0.29, 0.717) is 5.15 Å². The minimum atomic E-state index is 0.424. The molecule has 0 aliphatic carbocycles. The average molecular weight is 326 g/mol. The van der Waals surface area contributed by atoms with E-state index in [4.69, 9.17) is 16.3 Å². The third-order valence-electron chi connectivity index (χ3n) is 3.50. The average Bonchev–Trinajstić information content (AvgIpc) is 2.60. The minimum absolute atomic E-state index is 0.424. The molecule has 0 fully saturated rings. The number of nitrogens with zero attached hydrogens (tertiary/aromatic N) is 3. The predicted octanol–water partition coefficient (Wildman–Crippen LogP) is 4.37. The van der Waals surface area contributed by atoms with Crippen LogP contribution in [-0.2, 0) is 0 Å². The van der Waals surface area contributed by atoms with Gasteiger partial charge in [-0.2, -0.15) is 5.10 Å². The molecule has 0 amide bonds. The summed E-state index contributed by atoms with van der Waals surface area (Å²) in [5, 5.41) is 7.59. The van der Waals surface area contributed by atoms with Gasteiger partial charge < -0.3 is 4.74 Å². The fourth-order valence-electron chi connectivity index (χ4n) is 2.22. The van der Waals surface area contributed by atoms with Crippen LogP contribution in [0.25, 0.3) is 10.9 Å². The second kappa shape index (κ2) is 6.67. The van der Waals surface area contributed by atoms with Crippen LogP contribution < -0.4 is 9.75 Å². The Morgan fingerprint density at radius 3 is 2.65 bits per heavy atom. The van der Waals surface area contributed by atoms with Crippen LogP contribution in [0.1, 0.15) is 5.56 Å². The van der Waals surface area contributed by atoms with E-state index < -0.39 is 0 Å². The maximum Gasteiger partial charge on any atom is 0.138 e. The van der Waals surface area contributed by atoms with Gasteiger partial charge in [0.2, 0.25) is 0 Å². The molecule has 0 aliphatic heterocycles. The van der Waals surface area contributed by atoms with E-state index in [1.807, 2.05) is 61.6 Å². The first-order valence-corrected chi connectivity index (χ1v) is 7.52. The van der Waals surface area contributed by atoms with Crippen molar-refractivity contribution in [2.45, 2.75) is 0 Å². The summed E-state index contributed by atoms with van der Waals surface area (Å²) < 4.78 is 5.25. The van der Waals surface area contributed by atoms with Crippen molar-refractivity contribution in [1.29, 1.82) is 0 Å². The number of anilines is 1. The number of hydrogen-bond donors (Lipinski definition) is 0. The lowest BCUT2D eigenvalue weighted by Crippen LogP contribution is -2.08. The van der Waals surface area contributed by atoms with Crippen LogP contribution in [-0.4, -0.2) is 25.4 Å². The Hall–Kier alpha value is -2.59. The van der Waals surface area contributed by atoms with Gasteiger partial charge in [0, 0.05) is 18.0 Å². The summed E-state index contributed by atoms with van der Waals surface area (Å²) in [6, 6.07) is 17.5. The zero-order valence-corrected chi connectivity index (χ0v) is 13.7. The Morgan fingerprint density at radius 2 is 1.91 bits per heavy atom. The number of ether oxygens (including phenoxy) is 1. The van der Waals surface area contributed by atoms with Crippen molar-refractivity contribution in [2.75, 3.05) is 19.2 Å². The third-order valence-corrected chi connectivity index (χ3v) is 3.81. The standard InChI is InChI=1S/C18H16ClN3O/c1-22(15-6-4-3-5-7-15)20-12-14-10-13-11-16(23-2)8-9-17(13)21-18(14)19/h3-12H,1-2H3/b20-12-. The van der Waals surface area contributed by atoms with Crippen LogP contribution in [0.5, 0.6) is 5.75 Å². The molecule has 0 saturated carbocycles. The summed E-state index contributed by atoms with van der Waals surface area (Å²) in [7, 11) is 3.53. The molecule has 0 radical (unpaired) electrons. The highest BCUT2D eigenvalue weighted by Gasteiger charge is 2.05. The van der Waals surface area contributed by atoms with Crippen molar-refractivity contribution >= 4 is 34.4 Å². The second-order valence-electron chi connectivity index (χ2n) is 5.03. The lowest BCUT2D eigenvalue weighted by atomic mass is 10.1. The molecular formula is C18H16ClN3O. The molecule has 0 atom stereocenters. The molecule has 0 unspecified atom stereocenters. The monoisotopic (exact) mass is 325 g/mol. The first-order chi connectivity index (χ1) is 11.2. The third kappa shape index (κ3) is 3.43. The number of methoxy groups -OCH3 is 1. The Labute approximate surface area is 140 Å². The molecule has 5 heteroatoms. The van der Waals surface area contributed by atoms with Gasteiger partial charge in [-0.25, -0.2) is 4.98 Å². The Kier molecular flexibility index (Phi) is 4.44. The predicted molar refractivity (Wildman–Crippen MR) is 95.7 cm³/mol. The SMILES string of the molecule is COc1ccc2nc(Cl)c(/C=N\N(C)c3ccccc3)cc2c1. The van der Waals surface area contributed by atoms with Gasteiger partial charge in [-0.1, -0.05) is 29.8 Å². The van der Waals surface area contributed by atoms with Crippen molar-refractivity contribution in [3.05, 3.63) is 65.3 Å². The largest absolute Gasteiger partial charge is 0.497 e. The molecule has 0 aliphatic rings. The minimum Gasteiger partial charge on any atom is -0.497 e. The van der Waals surface area contributed by atoms with E-state index in [2.05, 4.69) is 10.1 Å². The van der Waals surface area contributed by atoms with Crippen LogP contribution in [0.2, 0.25) is 5.15 Å². The number of pyridine rings is 1. The smallest absolute Gasteiger partial charge is 0.138 e. The number of fused-ring (bicyclic) bond motifs is 1. The van der Waals surface area contributed by atoms with Crippen LogP contribution in [0, 0.1) is 0 Å². The van der Waals surface area contributed by atoms with E-state index >= 15 is 0 Å². The number of halogens is 1. The zero-order chi connectivity index (χ0) is 16.2. The van der Waals surface area contributed by atoms with Crippen LogP contribution in [0.3, 0.4) is 0 Å². The van der Waals surface area contributed by atoms with Crippen molar-refractivity contribution in [3.8, 4) is 5.75 Å². The Balaban J connectivity index is 1.92. The molecule has 3 rings (SSSR count). The molecule has 0 N–H and O–H groups in total. The summed E-state index contributed by atoms with van der Waals surface area (Å²) in [6.45, 7) is 0. The molecule has 0 bridgehead atoms. The maximum absolute atomic E-state index is 6.25. The molecule has 116 valence electrons. The van der Waals surface area contributed by atoms with Gasteiger partial charge in [0.25, 0.3) is 0 Å². The molecule has 4 nitrogen and oxygen atoms in total. The topological polar surface area (TPSA) is 37.7 Å². The van der Waals surface area contributed by atoms with E-state index in [1.54, 1.807) is 18.3 Å². The summed E-state index contributed by atoms with van der Waals surface area (Å²) in [5.74, 6) is 0.783. The highest BCUT2D eigenvalue weighted by atomic mass is 35.5. The quantitative estimate of drug-likeness (QED) is 0.406. The molecular weight excluding hydrogens is 310 g/mol. The molecule has 0 saturated heterocycles. The lowest BCUT2D eigenvalue weighted by molar-refractivity contribution is 0.415. The molecule has 3 aromatic rings.